The van der Waals surface area contributed by atoms with Crippen LogP contribution in [0, 0.1) is 5.92 Å². The molecule has 1 saturated carbocycles. The Kier molecular flexibility index (Phi) is 4.83. The van der Waals surface area contributed by atoms with Crippen molar-refractivity contribution in [1.29, 1.82) is 0 Å². The number of nitrogens with one attached hydrogen (secondary N) is 1. The van der Waals surface area contributed by atoms with Gasteiger partial charge < -0.3 is 10.1 Å². The molecule has 19 heavy (non-hydrogen) atoms. The third-order valence-corrected chi connectivity index (χ3v) is 3.59. The Morgan fingerprint density at radius 2 is 2.21 bits per heavy atom. The largest absolute Gasteiger partial charge is 0.368 e. The van der Waals surface area contributed by atoms with Crippen molar-refractivity contribution in [1.82, 2.24) is 5.32 Å². The van der Waals surface area contributed by atoms with Gasteiger partial charge in [-0.25, -0.2) is 0 Å². The van der Waals surface area contributed by atoms with Crippen LogP contribution in [0.15, 0.2) is 24.3 Å². The maximum atomic E-state index is 12.0. The molecular weight excluding hydrogens is 262 g/mol. The highest BCUT2D eigenvalue weighted by Crippen LogP contribution is 2.29. The van der Waals surface area contributed by atoms with E-state index in [9.17, 15) is 4.79 Å². The number of ether oxygens (including phenoxy) is 1. The number of rotatable bonds is 6. The fraction of sp³-hybridized carbons (Fsp3) is 0.533. The molecule has 1 aliphatic rings. The van der Waals surface area contributed by atoms with E-state index in [1.807, 2.05) is 31.2 Å². The Hall–Kier alpha value is -1.06. The summed E-state index contributed by atoms with van der Waals surface area (Å²) in [6, 6.07) is 7.45. The molecular formula is C15H20ClNO2. The molecule has 0 aliphatic heterocycles. The fourth-order valence-corrected chi connectivity index (χ4v) is 2.03. The van der Waals surface area contributed by atoms with Crippen LogP contribution in [-0.2, 0) is 9.53 Å². The molecule has 3 nitrogen and oxygen atoms in total. The first kappa shape index (κ1) is 14.4. The van der Waals surface area contributed by atoms with E-state index in [0.717, 1.165) is 5.56 Å². The van der Waals surface area contributed by atoms with E-state index in [-0.39, 0.29) is 11.9 Å². The lowest BCUT2D eigenvalue weighted by atomic mass is 10.1. The second kappa shape index (κ2) is 6.40. The smallest absolute Gasteiger partial charge is 0.249 e. The quantitative estimate of drug-likeness (QED) is 0.868. The normalized spacial score (nSPS) is 17.8. The van der Waals surface area contributed by atoms with Gasteiger partial charge in [0.15, 0.2) is 0 Å². The number of hydrogen-bond donors (Lipinski definition) is 1. The zero-order valence-corrected chi connectivity index (χ0v) is 12.1. The van der Waals surface area contributed by atoms with Gasteiger partial charge in [0.05, 0.1) is 12.6 Å². The van der Waals surface area contributed by atoms with Gasteiger partial charge in [-0.05, 0) is 50.3 Å². The second-order valence-corrected chi connectivity index (χ2v) is 5.64. The van der Waals surface area contributed by atoms with Gasteiger partial charge in [0, 0.05) is 5.02 Å². The van der Waals surface area contributed by atoms with Gasteiger partial charge >= 0.3 is 0 Å². The number of halogens is 1. The van der Waals surface area contributed by atoms with E-state index in [1.165, 1.54) is 12.8 Å². The Bertz CT molecular complexity index is 446. The molecule has 1 N–H and O–H groups in total. The summed E-state index contributed by atoms with van der Waals surface area (Å²) < 4.78 is 5.55. The molecule has 0 spiro atoms. The summed E-state index contributed by atoms with van der Waals surface area (Å²) in [7, 11) is 0. The summed E-state index contributed by atoms with van der Waals surface area (Å²) in [4.78, 5) is 12.0. The second-order valence-electron chi connectivity index (χ2n) is 5.20. The summed E-state index contributed by atoms with van der Waals surface area (Å²) in [5.41, 5.74) is 0.996. The van der Waals surface area contributed by atoms with Crippen molar-refractivity contribution in [3.05, 3.63) is 34.9 Å². The van der Waals surface area contributed by atoms with Crippen LogP contribution in [0.4, 0.5) is 0 Å². The summed E-state index contributed by atoms with van der Waals surface area (Å²) >= 11 is 5.94. The van der Waals surface area contributed by atoms with Crippen LogP contribution in [0.1, 0.15) is 38.3 Å². The number of benzene rings is 1. The van der Waals surface area contributed by atoms with Gasteiger partial charge in [0.1, 0.15) is 6.10 Å². The van der Waals surface area contributed by atoms with E-state index in [0.29, 0.717) is 17.5 Å². The van der Waals surface area contributed by atoms with Crippen LogP contribution in [0.2, 0.25) is 5.02 Å². The molecule has 1 aromatic rings. The highest BCUT2D eigenvalue weighted by molar-refractivity contribution is 6.30. The summed E-state index contributed by atoms with van der Waals surface area (Å²) in [6.45, 7) is 4.43. The first-order chi connectivity index (χ1) is 9.06. The Morgan fingerprint density at radius 3 is 2.84 bits per heavy atom. The van der Waals surface area contributed by atoms with Crippen molar-refractivity contribution >= 4 is 17.5 Å². The maximum Gasteiger partial charge on any atom is 0.249 e. The Morgan fingerprint density at radius 1 is 1.47 bits per heavy atom. The third kappa shape index (κ3) is 4.51. The van der Waals surface area contributed by atoms with Crippen LogP contribution in [-0.4, -0.2) is 18.6 Å². The number of carbonyl (C=O) groups is 1. The van der Waals surface area contributed by atoms with Gasteiger partial charge in [0.2, 0.25) is 5.91 Å². The van der Waals surface area contributed by atoms with E-state index in [1.54, 1.807) is 6.92 Å². The number of carbonyl (C=O) groups excluding carboxylic acids is 1. The fourth-order valence-electron chi connectivity index (χ4n) is 1.83. The molecule has 0 aromatic heterocycles. The highest BCUT2D eigenvalue weighted by Gasteiger charge is 2.24. The van der Waals surface area contributed by atoms with Crippen LogP contribution in [0.3, 0.4) is 0 Å². The molecule has 4 heteroatoms. The minimum Gasteiger partial charge on any atom is -0.368 e. The first-order valence-electron chi connectivity index (χ1n) is 6.73. The Balaban J connectivity index is 1.83. The lowest BCUT2D eigenvalue weighted by Gasteiger charge is -2.18. The van der Waals surface area contributed by atoms with E-state index in [2.05, 4.69) is 5.32 Å². The summed E-state index contributed by atoms with van der Waals surface area (Å²) in [5.74, 6) is 0.591. The molecule has 0 radical (unpaired) electrons. The molecule has 0 bridgehead atoms. The minimum atomic E-state index is -0.401. The molecule has 2 rings (SSSR count). The van der Waals surface area contributed by atoms with E-state index < -0.39 is 6.10 Å². The lowest BCUT2D eigenvalue weighted by Crippen LogP contribution is -2.36. The van der Waals surface area contributed by atoms with Gasteiger partial charge in [-0.15, -0.1) is 0 Å². The summed E-state index contributed by atoms with van der Waals surface area (Å²) in [6.07, 6.45) is 2.06. The van der Waals surface area contributed by atoms with Crippen LogP contribution in [0.5, 0.6) is 0 Å². The zero-order valence-electron chi connectivity index (χ0n) is 11.4. The summed E-state index contributed by atoms with van der Waals surface area (Å²) in [5, 5.41) is 3.62. The van der Waals surface area contributed by atoms with Crippen LogP contribution in [0.25, 0.3) is 0 Å². The predicted molar refractivity (Wildman–Crippen MR) is 76.1 cm³/mol. The molecule has 1 aromatic carbocycles. The number of hydrogen-bond acceptors (Lipinski definition) is 2. The van der Waals surface area contributed by atoms with Crippen molar-refractivity contribution in [3.63, 3.8) is 0 Å². The minimum absolute atomic E-state index is 0.0711. The van der Waals surface area contributed by atoms with E-state index >= 15 is 0 Å². The zero-order chi connectivity index (χ0) is 13.8. The molecule has 1 fully saturated rings. The lowest BCUT2D eigenvalue weighted by molar-refractivity contribution is -0.132. The molecule has 1 amide bonds. The van der Waals surface area contributed by atoms with Crippen molar-refractivity contribution in [2.24, 2.45) is 5.92 Å². The molecule has 0 heterocycles. The highest BCUT2D eigenvalue weighted by atomic mass is 35.5. The van der Waals surface area contributed by atoms with Gasteiger partial charge in [-0.1, -0.05) is 23.7 Å². The topological polar surface area (TPSA) is 38.3 Å². The van der Waals surface area contributed by atoms with Gasteiger partial charge in [-0.3, -0.25) is 4.79 Å². The van der Waals surface area contributed by atoms with Crippen LogP contribution < -0.4 is 5.32 Å². The third-order valence-electron chi connectivity index (χ3n) is 3.36. The van der Waals surface area contributed by atoms with Gasteiger partial charge in [-0.2, -0.15) is 0 Å². The monoisotopic (exact) mass is 281 g/mol. The molecule has 1 aliphatic carbocycles. The Labute approximate surface area is 119 Å². The molecule has 2 atom stereocenters. The molecule has 0 saturated heterocycles. The van der Waals surface area contributed by atoms with Crippen molar-refractivity contribution < 1.29 is 9.53 Å². The SMILES string of the molecule is CC(OCC1CC1)C(=O)NC(C)c1cccc(Cl)c1. The molecule has 104 valence electrons. The van der Waals surface area contributed by atoms with Crippen molar-refractivity contribution in [2.75, 3.05) is 6.61 Å². The predicted octanol–water partition coefficient (Wildman–Crippen LogP) is 3.33. The van der Waals surface area contributed by atoms with Gasteiger partial charge in [0.25, 0.3) is 0 Å². The average molecular weight is 282 g/mol. The maximum absolute atomic E-state index is 12.0. The average Bonchev–Trinajstić information content (AvgIpc) is 3.19. The number of amides is 1. The van der Waals surface area contributed by atoms with E-state index in [4.69, 9.17) is 16.3 Å². The first-order valence-corrected chi connectivity index (χ1v) is 7.11. The molecule has 2 unspecified atom stereocenters. The van der Waals surface area contributed by atoms with Crippen molar-refractivity contribution in [2.45, 2.75) is 38.8 Å². The standard InChI is InChI=1S/C15H20ClNO2/c1-10(13-4-3-5-14(16)8-13)17-15(18)11(2)19-9-12-6-7-12/h3-5,8,10-12H,6-7,9H2,1-2H3,(H,17,18). The van der Waals surface area contributed by atoms with Crippen molar-refractivity contribution in [3.8, 4) is 0 Å². The van der Waals surface area contributed by atoms with Crippen LogP contribution >= 0.6 is 11.6 Å².